The zero-order chi connectivity index (χ0) is 22.5. The van der Waals surface area contributed by atoms with E-state index in [0.29, 0.717) is 19.8 Å². The van der Waals surface area contributed by atoms with Gasteiger partial charge in [0, 0.05) is 6.42 Å². The number of allylic oxidation sites excluding steroid dienone is 1. The lowest BCUT2D eigenvalue weighted by molar-refractivity contribution is 0.212. The molecule has 0 spiro atoms. The molecule has 0 saturated heterocycles. The Kier molecular flexibility index (Phi) is 10.5. The first-order valence-electron chi connectivity index (χ1n) is 10.8. The highest BCUT2D eigenvalue weighted by Crippen LogP contribution is 2.28. The van der Waals surface area contributed by atoms with Crippen molar-refractivity contribution in [2.24, 2.45) is 5.16 Å². The molecular weight excluding hydrogens is 390 g/mol. The van der Waals surface area contributed by atoms with Crippen molar-refractivity contribution in [3.05, 3.63) is 65.2 Å². The van der Waals surface area contributed by atoms with E-state index >= 15 is 0 Å². The summed E-state index contributed by atoms with van der Waals surface area (Å²) in [7, 11) is 1.57. The van der Waals surface area contributed by atoms with Crippen LogP contribution in [0.3, 0.4) is 0 Å². The number of hydrogen-bond acceptors (Lipinski definition) is 5. The molecule has 0 unspecified atom stereocenters. The molecule has 5 nitrogen and oxygen atoms in total. The van der Waals surface area contributed by atoms with Gasteiger partial charge in [0.2, 0.25) is 0 Å². The topological polar surface area (TPSA) is 49.3 Å². The first-order valence-corrected chi connectivity index (χ1v) is 10.8. The number of ether oxygens (including phenoxy) is 3. The van der Waals surface area contributed by atoms with E-state index in [4.69, 9.17) is 19.0 Å². The molecule has 0 aliphatic heterocycles. The van der Waals surface area contributed by atoms with Crippen molar-refractivity contribution in [1.29, 1.82) is 0 Å². The van der Waals surface area contributed by atoms with Crippen LogP contribution in [0.4, 0.5) is 0 Å². The third kappa shape index (κ3) is 8.75. The molecule has 0 N–H and O–H groups in total. The van der Waals surface area contributed by atoms with Crippen LogP contribution < -0.4 is 14.2 Å². The van der Waals surface area contributed by atoms with Gasteiger partial charge < -0.3 is 19.0 Å². The fraction of sp³-hybridized carbons (Fsp3) is 0.423. The molecule has 5 heteroatoms. The Balaban J connectivity index is 1.72. The Morgan fingerprint density at radius 3 is 2.26 bits per heavy atom. The van der Waals surface area contributed by atoms with E-state index in [2.05, 4.69) is 17.3 Å². The van der Waals surface area contributed by atoms with Crippen LogP contribution in [0.5, 0.6) is 17.2 Å². The van der Waals surface area contributed by atoms with E-state index in [1.807, 2.05) is 64.1 Å². The standard InChI is InChI=1S/C26H35NO4/c1-6-7-15-30-25-18-20(2)26(21(3)19-25)31-17-8-16-29-24-13-11-23(12-14-24)10-9-22(4)27-28-5/h6-7,11-14,18-19H,8-10,15-17H2,1-5H3/b7-6+,27-22+. The number of nitrogens with zero attached hydrogens (tertiary/aromatic N) is 1. The van der Waals surface area contributed by atoms with Crippen LogP contribution in [0.25, 0.3) is 0 Å². The lowest BCUT2D eigenvalue weighted by atomic mass is 10.1. The Hall–Kier alpha value is -2.95. The summed E-state index contributed by atoms with van der Waals surface area (Å²) in [6, 6.07) is 12.3. The highest BCUT2D eigenvalue weighted by Gasteiger charge is 2.07. The molecule has 0 saturated carbocycles. The Morgan fingerprint density at radius 2 is 1.61 bits per heavy atom. The maximum Gasteiger partial charge on any atom is 0.125 e. The number of hydrogen-bond donors (Lipinski definition) is 0. The third-order valence-corrected chi connectivity index (χ3v) is 4.77. The van der Waals surface area contributed by atoms with Crippen LogP contribution in [0.2, 0.25) is 0 Å². The monoisotopic (exact) mass is 425 g/mol. The Labute approximate surface area is 186 Å². The van der Waals surface area contributed by atoms with Crippen molar-refractivity contribution in [3.63, 3.8) is 0 Å². The molecule has 0 radical (unpaired) electrons. The number of rotatable bonds is 13. The van der Waals surface area contributed by atoms with Crippen LogP contribution in [0.1, 0.15) is 43.4 Å². The predicted octanol–water partition coefficient (Wildman–Crippen LogP) is 6.06. The van der Waals surface area contributed by atoms with E-state index in [1.54, 1.807) is 7.11 Å². The quantitative estimate of drug-likeness (QED) is 0.169. The van der Waals surface area contributed by atoms with Gasteiger partial charge in [-0.3, -0.25) is 0 Å². The number of oxime groups is 1. The van der Waals surface area contributed by atoms with Gasteiger partial charge in [0.15, 0.2) is 0 Å². The van der Waals surface area contributed by atoms with Gasteiger partial charge in [-0.1, -0.05) is 29.4 Å². The molecule has 0 aliphatic rings. The molecule has 0 atom stereocenters. The average molecular weight is 426 g/mol. The predicted molar refractivity (Wildman–Crippen MR) is 127 cm³/mol. The van der Waals surface area contributed by atoms with Gasteiger partial charge in [0.1, 0.15) is 31.0 Å². The molecule has 0 heterocycles. The first kappa shape index (κ1) is 24.3. The molecule has 0 aromatic heterocycles. The van der Waals surface area contributed by atoms with Crippen molar-refractivity contribution in [3.8, 4) is 17.2 Å². The van der Waals surface area contributed by atoms with Gasteiger partial charge in [-0.15, -0.1) is 0 Å². The summed E-state index contributed by atoms with van der Waals surface area (Å²) in [6.45, 7) is 9.85. The summed E-state index contributed by atoms with van der Waals surface area (Å²) in [5, 5.41) is 3.94. The van der Waals surface area contributed by atoms with Gasteiger partial charge in [-0.05, 0) is 81.5 Å². The second-order valence-electron chi connectivity index (χ2n) is 7.47. The lowest BCUT2D eigenvalue weighted by Gasteiger charge is -2.14. The van der Waals surface area contributed by atoms with Gasteiger partial charge in [-0.25, -0.2) is 0 Å². The fourth-order valence-electron chi connectivity index (χ4n) is 3.16. The molecule has 168 valence electrons. The summed E-state index contributed by atoms with van der Waals surface area (Å²) < 4.78 is 17.6. The molecule has 0 amide bonds. The number of aryl methyl sites for hydroxylation is 3. The van der Waals surface area contributed by atoms with E-state index < -0.39 is 0 Å². The first-order chi connectivity index (χ1) is 15.0. The highest BCUT2D eigenvalue weighted by molar-refractivity contribution is 5.81. The van der Waals surface area contributed by atoms with Gasteiger partial charge in [0.25, 0.3) is 0 Å². The summed E-state index contributed by atoms with van der Waals surface area (Å²) in [5.41, 5.74) is 4.41. The third-order valence-electron chi connectivity index (χ3n) is 4.77. The minimum absolute atomic E-state index is 0.579. The maximum absolute atomic E-state index is 6.01. The van der Waals surface area contributed by atoms with Crippen LogP contribution in [0, 0.1) is 13.8 Å². The van der Waals surface area contributed by atoms with Crippen LogP contribution in [-0.2, 0) is 11.3 Å². The maximum atomic E-state index is 6.01. The van der Waals surface area contributed by atoms with E-state index in [9.17, 15) is 0 Å². The van der Waals surface area contributed by atoms with Crippen molar-refractivity contribution in [2.75, 3.05) is 26.9 Å². The molecule has 0 bridgehead atoms. The number of benzene rings is 2. The van der Waals surface area contributed by atoms with E-state index in [1.165, 1.54) is 5.56 Å². The zero-order valence-electron chi connectivity index (χ0n) is 19.4. The highest BCUT2D eigenvalue weighted by atomic mass is 16.6. The second kappa shape index (κ2) is 13.4. The van der Waals surface area contributed by atoms with Gasteiger partial charge in [0.05, 0.1) is 18.9 Å². The Bertz CT molecular complexity index is 833. The summed E-state index contributed by atoms with van der Waals surface area (Å²) >= 11 is 0. The lowest BCUT2D eigenvalue weighted by Crippen LogP contribution is -2.07. The van der Waals surface area contributed by atoms with Crippen molar-refractivity contribution < 1.29 is 19.0 Å². The minimum atomic E-state index is 0.579. The van der Waals surface area contributed by atoms with E-state index in [-0.39, 0.29) is 0 Å². The van der Waals surface area contributed by atoms with Gasteiger partial charge >= 0.3 is 0 Å². The van der Waals surface area contributed by atoms with Crippen molar-refractivity contribution >= 4 is 5.71 Å². The fourth-order valence-corrected chi connectivity index (χ4v) is 3.16. The SMILES string of the molecule is C/C=C/COc1cc(C)c(OCCCOc2ccc(CC/C(C)=N/OC)cc2)c(C)c1. The van der Waals surface area contributed by atoms with Gasteiger partial charge in [-0.2, -0.15) is 0 Å². The molecular formula is C26H35NO4. The van der Waals surface area contributed by atoms with Crippen molar-refractivity contribution in [1.82, 2.24) is 0 Å². The largest absolute Gasteiger partial charge is 0.493 e. The van der Waals surface area contributed by atoms with Crippen LogP contribution >= 0.6 is 0 Å². The molecule has 2 aromatic carbocycles. The summed E-state index contributed by atoms with van der Waals surface area (Å²) in [6.07, 6.45) is 6.60. The van der Waals surface area contributed by atoms with E-state index in [0.717, 1.165) is 53.3 Å². The molecule has 0 fully saturated rings. The molecule has 2 rings (SSSR count). The molecule has 0 aliphatic carbocycles. The Morgan fingerprint density at radius 1 is 0.935 bits per heavy atom. The normalized spacial score (nSPS) is 11.6. The second-order valence-corrected chi connectivity index (χ2v) is 7.47. The minimum Gasteiger partial charge on any atom is -0.493 e. The van der Waals surface area contributed by atoms with Crippen LogP contribution in [-0.4, -0.2) is 32.6 Å². The van der Waals surface area contributed by atoms with Crippen molar-refractivity contribution in [2.45, 2.75) is 47.0 Å². The zero-order valence-corrected chi connectivity index (χ0v) is 19.4. The molecule has 31 heavy (non-hydrogen) atoms. The molecule has 2 aromatic rings. The summed E-state index contributed by atoms with van der Waals surface area (Å²) in [4.78, 5) is 4.79. The average Bonchev–Trinajstić information content (AvgIpc) is 2.75. The smallest absolute Gasteiger partial charge is 0.125 e. The summed E-state index contributed by atoms with van der Waals surface area (Å²) in [5.74, 6) is 2.67. The van der Waals surface area contributed by atoms with Crippen LogP contribution in [0.15, 0.2) is 53.7 Å².